The van der Waals surface area contributed by atoms with E-state index in [-0.39, 0.29) is 0 Å². The van der Waals surface area contributed by atoms with Gasteiger partial charge < -0.3 is 5.73 Å². The number of nitrogen functional groups attached to an aromatic ring is 1. The van der Waals surface area contributed by atoms with Gasteiger partial charge in [0.05, 0.1) is 9.98 Å². The molecular weight excluding hydrogens is 260 g/mol. The lowest BCUT2D eigenvalue weighted by molar-refractivity contribution is 1.37. The third-order valence-electron chi connectivity index (χ3n) is 1.96. The van der Waals surface area contributed by atoms with Gasteiger partial charge in [0.15, 0.2) is 0 Å². The van der Waals surface area contributed by atoms with Crippen LogP contribution in [0.1, 0.15) is 5.56 Å². The summed E-state index contributed by atoms with van der Waals surface area (Å²) in [7, 11) is 0. The third-order valence-corrected chi connectivity index (χ3v) is 3.47. The second-order valence-corrected chi connectivity index (χ2v) is 5.45. The fourth-order valence-corrected chi connectivity index (χ4v) is 2.60. The maximum Gasteiger partial charge on any atom is 0.124 e. The Bertz CT molecular complexity index is 465. The first-order valence-corrected chi connectivity index (χ1v) is 5.75. The molecule has 0 aliphatic rings. The van der Waals surface area contributed by atoms with Gasteiger partial charge in [-0.15, -0.1) is 11.3 Å². The molecule has 0 saturated heterocycles. The highest BCUT2D eigenvalue weighted by atomic mass is 79.9. The predicted octanol–water partition coefficient (Wildman–Crippen LogP) is 3.46. The number of rotatable bonds is 1. The fraction of sp³-hybridized carbons (Fsp3) is 0.100. The monoisotopic (exact) mass is 268 g/mol. The first kappa shape index (κ1) is 9.68. The molecular formula is C10H9BrN2S. The molecule has 1 aromatic carbocycles. The molecule has 0 radical (unpaired) electrons. The van der Waals surface area contributed by atoms with E-state index in [0.717, 1.165) is 25.6 Å². The summed E-state index contributed by atoms with van der Waals surface area (Å²) in [6.45, 7) is 2.04. The smallest absolute Gasteiger partial charge is 0.124 e. The van der Waals surface area contributed by atoms with Crippen LogP contribution in [0.25, 0.3) is 10.6 Å². The van der Waals surface area contributed by atoms with Gasteiger partial charge in [0.2, 0.25) is 0 Å². The Balaban J connectivity index is 2.52. The Labute approximate surface area is 94.9 Å². The summed E-state index contributed by atoms with van der Waals surface area (Å²) in [4.78, 5) is 4.31. The lowest BCUT2D eigenvalue weighted by Gasteiger charge is -2.02. The summed E-state index contributed by atoms with van der Waals surface area (Å²) in [6.07, 6.45) is 1.82. The quantitative estimate of drug-likeness (QED) is 0.805. The Morgan fingerprint density at radius 1 is 1.43 bits per heavy atom. The van der Waals surface area contributed by atoms with Gasteiger partial charge >= 0.3 is 0 Å². The van der Waals surface area contributed by atoms with Gasteiger partial charge in [-0.3, -0.25) is 0 Å². The second kappa shape index (κ2) is 3.71. The highest BCUT2D eigenvalue weighted by molar-refractivity contribution is 9.11. The summed E-state index contributed by atoms with van der Waals surface area (Å²) in [6, 6.07) is 5.87. The van der Waals surface area contributed by atoms with Crippen LogP contribution in [0.3, 0.4) is 0 Å². The van der Waals surface area contributed by atoms with Crippen LogP contribution >= 0.6 is 27.3 Å². The molecule has 2 N–H and O–H groups in total. The number of aromatic nitrogens is 1. The van der Waals surface area contributed by atoms with Gasteiger partial charge in [-0.25, -0.2) is 4.98 Å². The number of thiazole rings is 1. The normalized spacial score (nSPS) is 10.4. The van der Waals surface area contributed by atoms with Crippen molar-refractivity contribution in [2.75, 3.05) is 5.73 Å². The maximum absolute atomic E-state index is 5.68. The molecule has 0 unspecified atom stereocenters. The SMILES string of the molecule is Cc1cc(N)ccc1-c1ncc(Br)s1. The first-order chi connectivity index (χ1) is 6.66. The van der Waals surface area contributed by atoms with E-state index >= 15 is 0 Å². The van der Waals surface area contributed by atoms with Crippen LogP contribution in [0, 0.1) is 6.92 Å². The van der Waals surface area contributed by atoms with Crippen LogP contribution in [0.2, 0.25) is 0 Å². The number of hydrogen-bond donors (Lipinski definition) is 1. The minimum absolute atomic E-state index is 0.793. The molecule has 2 nitrogen and oxygen atoms in total. The molecule has 0 saturated carbocycles. The summed E-state index contributed by atoms with van der Waals surface area (Å²) < 4.78 is 1.05. The van der Waals surface area contributed by atoms with E-state index in [1.165, 1.54) is 0 Å². The van der Waals surface area contributed by atoms with Crippen LogP contribution in [0.5, 0.6) is 0 Å². The molecule has 0 aliphatic heterocycles. The number of benzene rings is 1. The van der Waals surface area contributed by atoms with E-state index in [4.69, 9.17) is 5.73 Å². The first-order valence-electron chi connectivity index (χ1n) is 4.14. The van der Waals surface area contributed by atoms with Gasteiger partial charge in [0, 0.05) is 11.3 Å². The average molecular weight is 269 g/mol. The van der Waals surface area contributed by atoms with Gasteiger partial charge in [-0.05, 0) is 46.6 Å². The van der Waals surface area contributed by atoms with Crippen molar-refractivity contribution >= 4 is 33.0 Å². The standard InChI is InChI=1S/C10H9BrN2S/c1-6-4-7(12)2-3-8(6)10-13-5-9(11)14-10/h2-5H,12H2,1H3. The Morgan fingerprint density at radius 3 is 2.79 bits per heavy atom. The summed E-state index contributed by atoms with van der Waals surface area (Å²) in [5.74, 6) is 0. The molecule has 0 fully saturated rings. The van der Waals surface area contributed by atoms with Crippen molar-refractivity contribution in [2.24, 2.45) is 0 Å². The average Bonchev–Trinajstić information content (AvgIpc) is 2.51. The lowest BCUT2D eigenvalue weighted by Crippen LogP contribution is -1.87. The summed E-state index contributed by atoms with van der Waals surface area (Å²) in [5, 5.41) is 1.02. The van der Waals surface area contributed by atoms with E-state index in [1.54, 1.807) is 11.3 Å². The molecule has 4 heteroatoms. The van der Waals surface area contributed by atoms with Crippen molar-refractivity contribution in [3.05, 3.63) is 33.7 Å². The number of hydrogen-bond acceptors (Lipinski definition) is 3. The van der Waals surface area contributed by atoms with E-state index in [1.807, 2.05) is 31.3 Å². The molecule has 2 rings (SSSR count). The highest BCUT2D eigenvalue weighted by Gasteiger charge is 2.05. The van der Waals surface area contributed by atoms with Crippen molar-refractivity contribution in [2.45, 2.75) is 6.92 Å². The van der Waals surface area contributed by atoms with Crippen molar-refractivity contribution in [1.29, 1.82) is 0 Å². The van der Waals surface area contributed by atoms with Crippen molar-refractivity contribution in [1.82, 2.24) is 4.98 Å². The molecule has 2 aromatic rings. The molecule has 0 spiro atoms. The van der Waals surface area contributed by atoms with Crippen LogP contribution in [0.15, 0.2) is 28.2 Å². The molecule has 0 aliphatic carbocycles. The molecule has 72 valence electrons. The van der Waals surface area contributed by atoms with Gasteiger partial charge in [0.1, 0.15) is 5.01 Å². The largest absolute Gasteiger partial charge is 0.399 e. The highest BCUT2D eigenvalue weighted by Crippen LogP contribution is 2.31. The second-order valence-electron chi connectivity index (χ2n) is 3.04. The molecule has 0 bridgehead atoms. The van der Waals surface area contributed by atoms with Crippen LogP contribution in [-0.2, 0) is 0 Å². The van der Waals surface area contributed by atoms with Crippen LogP contribution in [-0.4, -0.2) is 4.98 Å². The van der Waals surface area contributed by atoms with E-state index in [0.29, 0.717) is 0 Å². The van der Waals surface area contributed by atoms with Gasteiger partial charge in [-0.2, -0.15) is 0 Å². The minimum Gasteiger partial charge on any atom is -0.399 e. The molecule has 1 aromatic heterocycles. The number of halogens is 1. The van der Waals surface area contributed by atoms with Crippen molar-refractivity contribution in [3.8, 4) is 10.6 Å². The fourth-order valence-electron chi connectivity index (χ4n) is 1.31. The molecule has 0 amide bonds. The Kier molecular flexibility index (Phi) is 2.56. The van der Waals surface area contributed by atoms with Crippen molar-refractivity contribution in [3.63, 3.8) is 0 Å². The number of aryl methyl sites for hydroxylation is 1. The summed E-state index contributed by atoms with van der Waals surface area (Å²) >= 11 is 5.03. The number of nitrogens with two attached hydrogens (primary N) is 1. The number of anilines is 1. The van der Waals surface area contributed by atoms with Gasteiger partial charge in [0.25, 0.3) is 0 Å². The van der Waals surface area contributed by atoms with E-state index in [2.05, 4.69) is 20.9 Å². The zero-order valence-electron chi connectivity index (χ0n) is 7.62. The topological polar surface area (TPSA) is 38.9 Å². The molecule has 1 heterocycles. The molecule has 0 atom stereocenters. The van der Waals surface area contributed by atoms with E-state index < -0.39 is 0 Å². The zero-order chi connectivity index (χ0) is 10.1. The summed E-state index contributed by atoms with van der Waals surface area (Å²) in [5.41, 5.74) is 8.79. The Hall–Kier alpha value is -0.870. The van der Waals surface area contributed by atoms with Crippen LogP contribution in [0.4, 0.5) is 5.69 Å². The maximum atomic E-state index is 5.68. The van der Waals surface area contributed by atoms with Crippen molar-refractivity contribution < 1.29 is 0 Å². The third kappa shape index (κ3) is 1.81. The minimum atomic E-state index is 0.793. The molecule has 14 heavy (non-hydrogen) atoms. The predicted molar refractivity (Wildman–Crippen MR) is 64.4 cm³/mol. The lowest BCUT2D eigenvalue weighted by atomic mass is 10.1. The Morgan fingerprint density at radius 2 is 2.21 bits per heavy atom. The number of nitrogens with zero attached hydrogens (tertiary/aromatic N) is 1. The van der Waals surface area contributed by atoms with E-state index in [9.17, 15) is 0 Å². The zero-order valence-corrected chi connectivity index (χ0v) is 10.0. The van der Waals surface area contributed by atoms with Gasteiger partial charge in [-0.1, -0.05) is 0 Å². The van der Waals surface area contributed by atoms with Crippen LogP contribution < -0.4 is 5.73 Å².